The minimum absolute atomic E-state index is 0.124. The molecule has 2 nitrogen and oxygen atoms in total. The zero-order valence-electron chi connectivity index (χ0n) is 8.59. The van der Waals surface area contributed by atoms with E-state index in [1.165, 1.54) is 18.2 Å². The van der Waals surface area contributed by atoms with Gasteiger partial charge in [-0.15, -0.1) is 0 Å². The lowest BCUT2D eigenvalue weighted by molar-refractivity contribution is 0.0526. The molecule has 0 aliphatic carbocycles. The van der Waals surface area contributed by atoms with Crippen molar-refractivity contribution in [2.24, 2.45) is 0 Å². The molecule has 0 aromatic heterocycles. The SMILES string of the molecule is CCOC(=O)c1ccc(C)c(C(F)F)c1. The number of ether oxygens (including phenoxy) is 1. The molecule has 0 N–H and O–H groups in total. The second kappa shape index (κ2) is 4.87. The van der Waals surface area contributed by atoms with Crippen molar-refractivity contribution in [2.45, 2.75) is 20.3 Å². The third kappa shape index (κ3) is 2.75. The summed E-state index contributed by atoms with van der Waals surface area (Å²) in [5.41, 5.74) is 0.511. The normalized spacial score (nSPS) is 10.5. The molecule has 4 heteroatoms. The summed E-state index contributed by atoms with van der Waals surface area (Å²) in [6.07, 6.45) is -2.57. The summed E-state index contributed by atoms with van der Waals surface area (Å²) in [7, 11) is 0. The topological polar surface area (TPSA) is 26.3 Å². The molecule has 0 bridgehead atoms. The fourth-order valence-electron chi connectivity index (χ4n) is 1.22. The highest BCUT2D eigenvalue weighted by molar-refractivity contribution is 5.89. The summed E-state index contributed by atoms with van der Waals surface area (Å²) in [4.78, 5) is 11.3. The Bertz CT molecular complexity index is 362. The van der Waals surface area contributed by atoms with Crippen LogP contribution < -0.4 is 0 Å². The fraction of sp³-hybridized carbons (Fsp3) is 0.364. The third-order valence-corrected chi connectivity index (χ3v) is 2.03. The molecule has 0 unspecified atom stereocenters. The predicted molar refractivity (Wildman–Crippen MR) is 52.1 cm³/mol. The zero-order chi connectivity index (χ0) is 11.4. The first kappa shape index (κ1) is 11.6. The maximum absolute atomic E-state index is 12.5. The van der Waals surface area contributed by atoms with Crippen molar-refractivity contribution >= 4 is 5.97 Å². The molecule has 0 amide bonds. The van der Waals surface area contributed by atoms with E-state index in [0.29, 0.717) is 5.56 Å². The summed E-state index contributed by atoms with van der Waals surface area (Å²) in [6.45, 7) is 3.48. The lowest BCUT2D eigenvalue weighted by Crippen LogP contribution is -2.05. The zero-order valence-corrected chi connectivity index (χ0v) is 8.59. The van der Waals surface area contributed by atoms with Crippen LogP contribution in [0.3, 0.4) is 0 Å². The van der Waals surface area contributed by atoms with Crippen molar-refractivity contribution in [2.75, 3.05) is 6.61 Å². The van der Waals surface area contributed by atoms with Crippen LogP contribution in [0, 0.1) is 6.92 Å². The van der Waals surface area contributed by atoms with Crippen molar-refractivity contribution < 1.29 is 18.3 Å². The van der Waals surface area contributed by atoms with Crippen molar-refractivity contribution in [3.05, 3.63) is 34.9 Å². The van der Waals surface area contributed by atoms with E-state index < -0.39 is 12.4 Å². The van der Waals surface area contributed by atoms with Gasteiger partial charge in [-0.25, -0.2) is 13.6 Å². The minimum Gasteiger partial charge on any atom is -0.462 e. The molecule has 0 aliphatic heterocycles. The molecule has 0 saturated heterocycles. The van der Waals surface area contributed by atoms with Gasteiger partial charge < -0.3 is 4.74 Å². The van der Waals surface area contributed by atoms with Crippen LogP contribution in [0.15, 0.2) is 18.2 Å². The summed E-state index contributed by atoms with van der Waals surface area (Å²) in [5, 5.41) is 0. The summed E-state index contributed by atoms with van der Waals surface area (Å²) < 4.78 is 29.7. The fourth-order valence-corrected chi connectivity index (χ4v) is 1.22. The number of benzene rings is 1. The van der Waals surface area contributed by atoms with Gasteiger partial charge in [0.2, 0.25) is 0 Å². The lowest BCUT2D eigenvalue weighted by atomic mass is 10.1. The van der Waals surface area contributed by atoms with E-state index in [1.54, 1.807) is 13.8 Å². The second-order valence-electron chi connectivity index (χ2n) is 3.09. The Hall–Kier alpha value is -1.45. The number of alkyl halides is 2. The molecule has 0 spiro atoms. The van der Waals surface area contributed by atoms with E-state index >= 15 is 0 Å². The quantitative estimate of drug-likeness (QED) is 0.722. The molecule has 0 radical (unpaired) electrons. The van der Waals surface area contributed by atoms with Gasteiger partial charge in [-0.2, -0.15) is 0 Å². The summed E-state index contributed by atoms with van der Waals surface area (Å²) >= 11 is 0. The third-order valence-electron chi connectivity index (χ3n) is 2.03. The van der Waals surface area contributed by atoms with Gasteiger partial charge in [-0.1, -0.05) is 6.07 Å². The van der Waals surface area contributed by atoms with Crippen LogP contribution in [0.2, 0.25) is 0 Å². The number of halogens is 2. The predicted octanol–water partition coefficient (Wildman–Crippen LogP) is 3.11. The number of carbonyl (C=O) groups excluding carboxylic acids is 1. The molecule has 1 aromatic carbocycles. The standard InChI is InChI=1S/C11H12F2O2/c1-3-15-11(14)8-5-4-7(2)9(6-8)10(12)13/h4-6,10H,3H2,1-2H3. The number of esters is 1. The molecule has 1 aromatic rings. The average molecular weight is 214 g/mol. The van der Waals surface area contributed by atoms with Crippen LogP contribution in [0.1, 0.15) is 34.8 Å². The molecule has 0 aliphatic rings. The monoisotopic (exact) mass is 214 g/mol. The van der Waals surface area contributed by atoms with Crippen LogP contribution in [-0.2, 0) is 4.74 Å². The van der Waals surface area contributed by atoms with Crippen molar-refractivity contribution in [1.82, 2.24) is 0 Å². The Morgan fingerprint density at radius 1 is 1.47 bits per heavy atom. The lowest BCUT2D eigenvalue weighted by Gasteiger charge is -2.07. The van der Waals surface area contributed by atoms with Gasteiger partial charge in [-0.05, 0) is 31.5 Å². The smallest absolute Gasteiger partial charge is 0.338 e. The molecular formula is C11H12F2O2. The Labute approximate surface area is 86.9 Å². The summed E-state index contributed by atoms with van der Waals surface area (Å²) in [5.74, 6) is -0.570. The first-order valence-electron chi connectivity index (χ1n) is 4.62. The number of rotatable bonds is 3. The molecule has 82 valence electrons. The first-order chi connectivity index (χ1) is 7.06. The van der Waals surface area contributed by atoms with E-state index in [1.807, 2.05) is 0 Å². The van der Waals surface area contributed by atoms with Crippen molar-refractivity contribution in [1.29, 1.82) is 0 Å². The molecule has 15 heavy (non-hydrogen) atoms. The highest BCUT2D eigenvalue weighted by Gasteiger charge is 2.14. The van der Waals surface area contributed by atoms with Gasteiger partial charge in [-0.3, -0.25) is 0 Å². The Balaban J connectivity index is 3.02. The highest BCUT2D eigenvalue weighted by Crippen LogP contribution is 2.23. The van der Waals surface area contributed by atoms with E-state index in [4.69, 9.17) is 4.74 Å². The van der Waals surface area contributed by atoms with Gasteiger partial charge in [0, 0.05) is 5.56 Å². The largest absolute Gasteiger partial charge is 0.462 e. The highest BCUT2D eigenvalue weighted by atomic mass is 19.3. The number of hydrogen-bond acceptors (Lipinski definition) is 2. The van der Waals surface area contributed by atoms with Crippen LogP contribution in [0.4, 0.5) is 8.78 Å². The van der Waals surface area contributed by atoms with E-state index in [2.05, 4.69) is 0 Å². The van der Waals surface area contributed by atoms with Crippen molar-refractivity contribution in [3.8, 4) is 0 Å². The van der Waals surface area contributed by atoms with E-state index in [0.717, 1.165) is 0 Å². The molecule has 0 fully saturated rings. The van der Waals surface area contributed by atoms with Gasteiger partial charge in [0.1, 0.15) is 0 Å². The number of carbonyl (C=O) groups is 1. The van der Waals surface area contributed by atoms with Gasteiger partial charge >= 0.3 is 5.97 Å². The van der Waals surface area contributed by atoms with Crippen LogP contribution >= 0.6 is 0 Å². The Morgan fingerprint density at radius 2 is 2.13 bits per heavy atom. The Morgan fingerprint density at radius 3 is 2.67 bits per heavy atom. The molecule has 1 rings (SSSR count). The van der Waals surface area contributed by atoms with Gasteiger partial charge in [0.15, 0.2) is 0 Å². The average Bonchev–Trinajstić information content (AvgIpc) is 2.18. The van der Waals surface area contributed by atoms with E-state index in [-0.39, 0.29) is 17.7 Å². The number of hydrogen-bond donors (Lipinski definition) is 0. The van der Waals surface area contributed by atoms with E-state index in [9.17, 15) is 13.6 Å². The van der Waals surface area contributed by atoms with Gasteiger partial charge in [0.05, 0.1) is 12.2 Å². The maximum Gasteiger partial charge on any atom is 0.338 e. The molecular weight excluding hydrogens is 202 g/mol. The molecule has 0 saturated carbocycles. The van der Waals surface area contributed by atoms with Crippen molar-refractivity contribution in [3.63, 3.8) is 0 Å². The summed E-state index contributed by atoms with van der Waals surface area (Å²) in [6, 6.07) is 4.16. The number of aryl methyl sites for hydroxylation is 1. The first-order valence-corrected chi connectivity index (χ1v) is 4.62. The van der Waals surface area contributed by atoms with Crippen LogP contribution in [0.5, 0.6) is 0 Å². The second-order valence-corrected chi connectivity index (χ2v) is 3.09. The van der Waals surface area contributed by atoms with Gasteiger partial charge in [0.25, 0.3) is 6.43 Å². The molecule has 0 atom stereocenters. The maximum atomic E-state index is 12.5. The van der Waals surface area contributed by atoms with Crippen LogP contribution in [0.25, 0.3) is 0 Å². The molecule has 0 heterocycles. The van der Waals surface area contributed by atoms with Crippen LogP contribution in [-0.4, -0.2) is 12.6 Å². The minimum atomic E-state index is -2.57. The Kier molecular flexibility index (Phi) is 3.77.